The van der Waals surface area contributed by atoms with Crippen molar-refractivity contribution in [3.63, 3.8) is 0 Å². The van der Waals surface area contributed by atoms with E-state index in [1.807, 2.05) is 35.7 Å². The standard InChI is InChI=1S/C15H14N2O3S2/c18-14(16-12-6-7-22(19,20)10-12)8-13-9-21-15(17-13)11-4-2-1-3-5-11/h1-7,9,12H,8,10H2,(H,16,18). The van der Waals surface area contributed by atoms with Gasteiger partial charge in [0.25, 0.3) is 0 Å². The quantitative estimate of drug-likeness (QED) is 0.925. The van der Waals surface area contributed by atoms with E-state index in [0.717, 1.165) is 16.0 Å². The highest BCUT2D eigenvalue weighted by Crippen LogP contribution is 2.23. The van der Waals surface area contributed by atoms with Gasteiger partial charge in [0.05, 0.1) is 23.9 Å². The van der Waals surface area contributed by atoms with E-state index in [1.165, 1.54) is 17.4 Å². The van der Waals surface area contributed by atoms with Crippen molar-refractivity contribution in [1.82, 2.24) is 10.3 Å². The number of rotatable bonds is 4. The maximum atomic E-state index is 12.0. The number of hydrogen-bond donors (Lipinski definition) is 1. The first-order valence-corrected chi connectivity index (χ1v) is 9.31. The van der Waals surface area contributed by atoms with Crippen LogP contribution in [-0.4, -0.2) is 31.1 Å². The van der Waals surface area contributed by atoms with E-state index in [-0.39, 0.29) is 18.1 Å². The number of carbonyl (C=O) groups excluding carboxylic acids is 1. The first kappa shape index (κ1) is 14.9. The summed E-state index contributed by atoms with van der Waals surface area (Å²) in [4.78, 5) is 16.4. The summed E-state index contributed by atoms with van der Waals surface area (Å²) < 4.78 is 22.6. The van der Waals surface area contributed by atoms with Gasteiger partial charge in [0.2, 0.25) is 5.91 Å². The maximum Gasteiger partial charge on any atom is 0.226 e. The zero-order valence-corrected chi connectivity index (χ0v) is 13.2. The van der Waals surface area contributed by atoms with Crippen LogP contribution in [0, 0.1) is 0 Å². The Hall–Kier alpha value is -1.99. The van der Waals surface area contributed by atoms with Gasteiger partial charge in [0.1, 0.15) is 5.01 Å². The van der Waals surface area contributed by atoms with Gasteiger partial charge < -0.3 is 5.32 Å². The second kappa shape index (κ2) is 6.02. The molecule has 22 heavy (non-hydrogen) atoms. The molecule has 1 unspecified atom stereocenters. The minimum Gasteiger partial charge on any atom is -0.348 e. The molecular formula is C15H14N2O3S2. The highest BCUT2D eigenvalue weighted by Gasteiger charge is 2.23. The third-order valence-corrected chi connectivity index (χ3v) is 5.53. The van der Waals surface area contributed by atoms with Crippen LogP contribution >= 0.6 is 11.3 Å². The van der Waals surface area contributed by atoms with E-state index >= 15 is 0 Å². The zero-order chi connectivity index (χ0) is 15.6. The molecule has 1 N–H and O–H groups in total. The van der Waals surface area contributed by atoms with Gasteiger partial charge in [0.15, 0.2) is 9.84 Å². The number of sulfone groups is 1. The molecule has 0 fully saturated rings. The van der Waals surface area contributed by atoms with Crippen LogP contribution in [-0.2, 0) is 21.1 Å². The fourth-order valence-corrected chi connectivity index (χ4v) is 4.25. The monoisotopic (exact) mass is 334 g/mol. The molecule has 114 valence electrons. The Morgan fingerprint density at radius 2 is 2.09 bits per heavy atom. The van der Waals surface area contributed by atoms with Gasteiger partial charge in [-0.15, -0.1) is 11.3 Å². The number of thiazole rings is 1. The predicted molar refractivity (Wildman–Crippen MR) is 86.1 cm³/mol. The molecular weight excluding hydrogens is 320 g/mol. The second-order valence-corrected chi connectivity index (χ2v) is 7.81. The third-order valence-electron chi connectivity index (χ3n) is 3.19. The Morgan fingerprint density at radius 1 is 1.32 bits per heavy atom. The lowest BCUT2D eigenvalue weighted by atomic mass is 10.2. The summed E-state index contributed by atoms with van der Waals surface area (Å²) in [7, 11) is -3.15. The molecule has 1 aliphatic heterocycles. The first-order valence-electron chi connectivity index (χ1n) is 6.72. The number of hydrogen-bond acceptors (Lipinski definition) is 5. The summed E-state index contributed by atoms with van der Waals surface area (Å²) in [5.74, 6) is -0.290. The van der Waals surface area contributed by atoms with Crippen molar-refractivity contribution in [2.24, 2.45) is 0 Å². The van der Waals surface area contributed by atoms with E-state index in [9.17, 15) is 13.2 Å². The highest BCUT2D eigenvalue weighted by molar-refractivity contribution is 7.94. The molecule has 1 aromatic carbocycles. The lowest BCUT2D eigenvalue weighted by Gasteiger charge is -2.08. The van der Waals surface area contributed by atoms with Crippen molar-refractivity contribution in [2.75, 3.05) is 5.75 Å². The molecule has 0 spiro atoms. The van der Waals surface area contributed by atoms with Crippen LogP contribution < -0.4 is 5.32 Å². The molecule has 5 nitrogen and oxygen atoms in total. The normalized spacial score (nSPS) is 19.2. The van der Waals surface area contributed by atoms with Gasteiger partial charge in [-0.05, 0) is 6.08 Å². The molecule has 1 aliphatic rings. The van der Waals surface area contributed by atoms with Gasteiger partial charge in [0, 0.05) is 16.4 Å². The Kier molecular flexibility index (Phi) is 4.08. The SMILES string of the molecule is O=C(Cc1csc(-c2ccccc2)n1)NC1C=CS(=O)(=O)C1. The molecule has 1 atom stereocenters. The summed E-state index contributed by atoms with van der Waals surface area (Å²) in [6.45, 7) is 0. The molecule has 0 saturated heterocycles. The number of carbonyl (C=O) groups is 1. The zero-order valence-electron chi connectivity index (χ0n) is 11.6. The number of nitrogens with one attached hydrogen (secondary N) is 1. The van der Waals surface area contributed by atoms with Crippen molar-refractivity contribution in [2.45, 2.75) is 12.5 Å². The van der Waals surface area contributed by atoms with Gasteiger partial charge in [-0.2, -0.15) is 0 Å². The van der Waals surface area contributed by atoms with Crippen molar-refractivity contribution < 1.29 is 13.2 Å². The average Bonchev–Trinajstić information content (AvgIpc) is 3.06. The Bertz CT molecular complexity index is 810. The summed E-state index contributed by atoms with van der Waals surface area (Å²) in [6, 6.07) is 9.32. The first-order chi connectivity index (χ1) is 10.5. The third kappa shape index (κ3) is 3.61. The van der Waals surface area contributed by atoms with Crippen LogP contribution in [0.15, 0.2) is 47.2 Å². The Balaban J connectivity index is 1.61. The van der Waals surface area contributed by atoms with Crippen LogP contribution in [0.1, 0.15) is 5.69 Å². The van der Waals surface area contributed by atoms with Crippen molar-refractivity contribution >= 4 is 27.1 Å². The number of aromatic nitrogens is 1. The molecule has 0 bridgehead atoms. The number of benzene rings is 1. The van der Waals surface area contributed by atoms with Gasteiger partial charge in [-0.25, -0.2) is 13.4 Å². The van der Waals surface area contributed by atoms with Crippen LogP contribution in [0.2, 0.25) is 0 Å². The van der Waals surface area contributed by atoms with Crippen molar-refractivity contribution in [3.05, 3.63) is 52.9 Å². The van der Waals surface area contributed by atoms with E-state index < -0.39 is 15.9 Å². The Morgan fingerprint density at radius 3 is 2.77 bits per heavy atom. The predicted octanol–water partition coefficient (Wildman–Crippen LogP) is 1.78. The maximum absolute atomic E-state index is 12.0. The molecule has 3 rings (SSSR count). The van der Waals surface area contributed by atoms with E-state index in [4.69, 9.17) is 0 Å². The minimum atomic E-state index is -3.15. The number of amides is 1. The molecule has 7 heteroatoms. The fraction of sp³-hybridized carbons (Fsp3) is 0.200. The fourth-order valence-electron chi connectivity index (χ4n) is 2.19. The van der Waals surface area contributed by atoms with Gasteiger partial charge in [-0.3, -0.25) is 4.79 Å². The molecule has 2 aromatic rings. The molecule has 0 aliphatic carbocycles. The number of nitrogens with zero attached hydrogens (tertiary/aromatic N) is 1. The molecule has 0 radical (unpaired) electrons. The topological polar surface area (TPSA) is 76.1 Å². The van der Waals surface area contributed by atoms with Crippen LogP contribution in [0.25, 0.3) is 10.6 Å². The van der Waals surface area contributed by atoms with Gasteiger partial charge >= 0.3 is 0 Å². The van der Waals surface area contributed by atoms with Crippen molar-refractivity contribution in [1.29, 1.82) is 0 Å². The lowest BCUT2D eigenvalue weighted by molar-refractivity contribution is -0.120. The van der Waals surface area contributed by atoms with E-state index in [1.54, 1.807) is 0 Å². The summed E-state index contributed by atoms with van der Waals surface area (Å²) >= 11 is 1.49. The molecule has 2 heterocycles. The van der Waals surface area contributed by atoms with E-state index in [2.05, 4.69) is 10.3 Å². The van der Waals surface area contributed by atoms with Crippen LogP contribution in [0.5, 0.6) is 0 Å². The van der Waals surface area contributed by atoms with Crippen molar-refractivity contribution in [3.8, 4) is 10.6 Å². The summed E-state index contributed by atoms with van der Waals surface area (Å²) in [5.41, 5.74) is 1.70. The summed E-state index contributed by atoms with van der Waals surface area (Å²) in [5, 5.41) is 6.56. The highest BCUT2D eigenvalue weighted by atomic mass is 32.2. The molecule has 1 amide bonds. The van der Waals surface area contributed by atoms with Crippen LogP contribution in [0.4, 0.5) is 0 Å². The smallest absolute Gasteiger partial charge is 0.226 e. The second-order valence-electron chi connectivity index (χ2n) is 5.02. The Labute approximate surface area is 132 Å². The van der Waals surface area contributed by atoms with Crippen LogP contribution in [0.3, 0.4) is 0 Å². The average molecular weight is 334 g/mol. The minimum absolute atomic E-state index is 0.0644. The lowest BCUT2D eigenvalue weighted by Crippen LogP contribution is -2.36. The molecule has 1 aromatic heterocycles. The molecule has 0 saturated carbocycles. The van der Waals surface area contributed by atoms with Gasteiger partial charge in [-0.1, -0.05) is 30.3 Å². The largest absolute Gasteiger partial charge is 0.348 e. The summed E-state index contributed by atoms with van der Waals surface area (Å²) in [6.07, 6.45) is 1.65. The van der Waals surface area contributed by atoms with E-state index in [0.29, 0.717) is 5.69 Å².